The zero-order chi connectivity index (χ0) is 17.6. The number of carbonyl (C=O) groups is 1. The summed E-state index contributed by atoms with van der Waals surface area (Å²) in [5.74, 6) is 1.71. The van der Waals surface area contributed by atoms with Crippen LogP contribution in [-0.2, 0) is 11.2 Å². The summed E-state index contributed by atoms with van der Waals surface area (Å²) in [6, 6.07) is 8.08. The number of aliphatic hydroxyl groups excluding tert-OH is 1. The van der Waals surface area contributed by atoms with Gasteiger partial charge in [0.15, 0.2) is 11.7 Å². The second kappa shape index (κ2) is 8.30. The molecule has 1 saturated carbocycles. The van der Waals surface area contributed by atoms with Crippen LogP contribution < -0.4 is 5.32 Å². The van der Waals surface area contributed by atoms with Crippen LogP contribution in [0.15, 0.2) is 34.9 Å². The fourth-order valence-corrected chi connectivity index (χ4v) is 3.29. The Morgan fingerprint density at radius 3 is 2.88 bits per heavy atom. The van der Waals surface area contributed by atoms with Crippen LogP contribution in [0.4, 0.5) is 0 Å². The molecule has 5 nitrogen and oxygen atoms in total. The van der Waals surface area contributed by atoms with Crippen LogP contribution in [0, 0.1) is 12.8 Å². The van der Waals surface area contributed by atoms with E-state index in [1.807, 2.05) is 31.2 Å². The minimum Gasteiger partial charge on any atom is -0.441 e. The van der Waals surface area contributed by atoms with E-state index < -0.39 is 0 Å². The maximum atomic E-state index is 12.0. The van der Waals surface area contributed by atoms with Crippen LogP contribution in [0.25, 0.3) is 11.3 Å². The van der Waals surface area contributed by atoms with Gasteiger partial charge in [-0.3, -0.25) is 4.79 Å². The van der Waals surface area contributed by atoms with Gasteiger partial charge in [0, 0.05) is 24.9 Å². The van der Waals surface area contributed by atoms with Gasteiger partial charge in [0.2, 0.25) is 5.91 Å². The molecule has 1 amide bonds. The highest BCUT2D eigenvalue weighted by molar-refractivity contribution is 5.76. The van der Waals surface area contributed by atoms with Gasteiger partial charge in [0.05, 0.1) is 12.3 Å². The number of nitrogens with zero attached hydrogens (tertiary/aromatic N) is 1. The molecule has 0 aliphatic heterocycles. The molecule has 0 spiro atoms. The Balaban J connectivity index is 1.44. The predicted molar refractivity (Wildman–Crippen MR) is 96.0 cm³/mol. The Morgan fingerprint density at radius 2 is 2.12 bits per heavy atom. The Labute approximate surface area is 148 Å². The van der Waals surface area contributed by atoms with Gasteiger partial charge in [-0.2, -0.15) is 0 Å². The molecule has 2 aromatic rings. The molecule has 0 saturated heterocycles. The van der Waals surface area contributed by atoms with E-state index in [4.69, 9.17) is 4.42 Å². The number of hydrogen-bond acceptors (Lipinski definition) is 4. The van der Waals surface area contributed by atoms with Gasteiger partial charge in [0.1, 0.15) is 0 Å². The summed E-state index contributed by atoms with van der Waals surface area (Å²) < 4.78 is 5.74. The van der Waals surface area contributed by atoms with E-state index in [1.165, 1.54) is 5.56 Å². The lowest BCUT2D eigenvalue weighted by atomic mass is 9.87. The van der Waals surface area contributed by atoms with Crippen molar-refractivity contribution in [3.05, 3.63) is 41.9 Å². The summed E-state index contributed by atoms with van der Waals surface area (Å²) >= 11 is 0. The first-order valence-corrected chi connectivity index (χ1v) is 9.06. The Morgan fingerprint density at radius 1 is 1.32 bits per heavy atom. The lowest BCUT2D eigenvalue weighted by Gasteiger charge is -2.25. The minimum absolute atomic E-state index is 0.00940. The van der Waals surface area contributed by atoms with Crippen LogP contribution in [0.1, 0.15) is 43.6 Å². The number of amides is 1. The van der Waals surface area contributed by atoms with E-state index in [2.05, 4.69) is 10.3 Å². The van der Waals surface area contributed by atoms with Gasteiger partial charge in [-0.25, -0.2) is 4.98 Å². The molecule has 1 fully saturated rings. The minimum atomic E-state index is -0.205. The Kier molecular flexibility index (Phi) is 5.87. The van der Waals surface area contributed by atoms with Crippen molar-refractivity contribution in [3.8, 4) is 11.3 Å². The van der Waals surface area contributed by atoms with Gasteiger partial charge in [-0.05, 0) is 32.1 Å². The lowest BCUT2D eigenvalue weighted by molar-refractivity contribution is -0.121. The number of hydrogen-bond donors (Lipinski definition) is 2. The molecule has 2 N–H and O–H groups in total. The van der Waals surface area contributed by atoms with Crippen LogP contribution in [0.5, 0.6) is 0 Å². The van der Waals surface area contributed by atoms with Crippen molar-refractivity contribution in [2.45, 2.75) is 51.6 Å². The van der Waals surface area contributed by atoms with Crippen LogP contribution in [0.2, 0.25) is 0 Å². The van der Waals surface area contributed by atoms with Crippen LogP contribution in [0.3, 0.4) is 0 Å². The van der Waals surface area contributed by atoms with E-state index in [1.54, 1.807) is 6.20 Å². The topological polar surface area (TPSA) is 75.4 Å². The third kappa shape index (κ3) is 5.16. The molecule has 1 aromatic heterocycles. The molecule has 0 bridgehead atoms. The predicted octanol–water partition coefficient (Wildman–Crippen LogP) is 3.25. The lowest BCUT2D eigenvalue weighted by Crippen LogP contribution is -2.33. The van der Waals surface area contributed by atoms with Crippen molar-refractivity contribution in [3.63, 3.8) is 0 Å². The molecule has 3 rings (SSSR count). The van der Waals surface area contributed by atoms with Gasteiger partial charge < -0.3 is 14.8 Å². The third-order valence-electron chi connectivity index (χ3n) is 4.80. The molecule has 1 aliphatic carbocycles. The molecule has 5 heteroatoms. The second-order valence-electron chi connectivity index (χ2n) is 6.97. The van der Waals surface area contributed by atoms with Crippen molar-refractivity contribution in [1.82, 2.24) is 10.3 Å². The van der Waals surface area contributed by atoms with Gasteiger partial charge in [0.25, 0.3) is 0 Å². The standard InChI is InChI=1S/C20H26N2O3/c1-14-5-7-16(8-6-14)18-13-22-20(25-18)10-9-19(24)21-12-15-3-2-4-17(23)11-15/h5-8,13,15,17,23H,2-4,9-12H2,1H3,(H,21,24). The third-order valence-corrected chi connectivity index (χ3v) is 4.80. The SMILES string of the molecule is Cc1ccc(-c2cnc(CCC(=O)NCC3CCCC(O)C3)o2)cc1. The normalized spacial score (nSPS) is 20.4. The first-order valence-electron chi connectivity index (χ1n) is 9.06. The molecular formula is C20H26N2O3. The molecule has 1 heterocycles. The molecule has 2 atom stereocenters. The highest BCUT2D eigenvalue weighted by Gasteiger charge is 2.20. The fourth-order valence-electron chi connectivity index (χ4n) is 3.29. The van der Waals surface area contributed by atoms with Crippen molar-refractivity contribution < 1.29 is 14.3 Å². The summed E-state index contributed by atoms with van der Waals surface area (Å²) in [5.41, 5.74) is 2.19. The Bertz CT molecular complexity index is 693. The smallest absolute Gasteiger partial charge is 0.220 e. The number of aromatic nitrogens is 1. The molecule has 2 unspecified atom stereocenters. The van der Waals surface area contributed by atoms with E-state index >= 15 is 0 Å². The summed E-state index contributed by atoms with van der Waals surface area (Å²) in [5, 5.41) is 12.6. The number of benzene rings is 1. The zero-order valence-electron chi connectivity index (χ0n) is 14.7. The van der Waals surface area contributed by atoms with Crippen LogP contribution >= 0.6 is 0 Å². The van der Waals surface area contributed by atoms with Gasteiger partial charge in [-0.1, -0.05) is 36.2 Å². The fraction of sp³-hybridized carbons (Fsp3) is 0.500. The van der Waals surface area contributed by atoms with Crippen molar-refractivity contribution in [2.75, 3.05) is 6.54 Å². The van der Waals surface area contributed by atoms with E-state index in [-0.39, 0.29) is 12.0 Å². The van der Waals surface area contributed by atoms with Gasteiger partial charge >= 0.3 is 0 Å². The van der Waals surface area contributed by atoms with E-state index in [0.717, 1.165) is 37.0 Å². The number of aliphatic hydroxyl groups is 1. The maximum absolute atomic E-state index is 12.0. The largest absolute Gasteiger partial charge is 0.441 e. The van der Waals surface area contributed by atoms with Crippen LogP contribution in [-0.4, -0.2) is 28.6 Å². The molecule has 1 aliphatic rings. The molecule has 25 heavy (non-hydrogen) atoms. The summed E-state index contributed by atoms with van der Waals surface area (Å²) in [6.07, 6.45) is 6.16. The quantitative estimate of drug-likeness (QED) is 0.845. The monoisotopic (exact) mass is 342 g/mol. The molecular weight excluding hydrogens is 316 g/mol. The second-order valence-corrected chi connectivity index (χ2v) is 6.97. The van der Waals surface area contributed by atoms with E-state index in [9.17, 15) is 9.90 Å². The summed E-state index contributed by atoms with van der Waals surface area (Å²) in [6.45, 7) is 2.69. The van der Waals surface area contributed by atoms with Crippen molar-refractivity contribution in [1.29, 1.82) is 0 Å². The number of carbonyl (C=O) groups excluding carboxylic acids is 1. The average Bonchev–Trinajstić information content (AvgIpc) is 3.08. The summed E-state index contributed by atoms with van der Waals surface area (Å²) in [7, 11) is 0. The number of nitrogens with one attached hydrogen (secondary N) is 1. The first-order chi connectivity index (χ1) is 12.1. The van der Waals surface area contributed by atoms with E-state index in [0.29, 0.717) is 31.2 Å². The number of oxazole rings is 1. The number of aryl methyl sites for hydroxylation is 2. The highest BCUT2D eigenvalue weighted by atomic mass is 16.4. The zero-order valence-corrected chi connectivity index (χ0v) is 14.7. The Hall–Kier alpha value is -2.14. The van der Waals surface area contributed by atoms with Crippen molar-refractivity contribution >= 4 is 5.91 Å². The molecule has 1 aromatic carbocycles. The highest BCUT2D eigenvalue weighted by Crippen LogP contribution is 2.24. The molecule has 0 radical (unpaired) electrons. The van der Waals surface area contributed by atoms with Gasteiger partial charge in [-0.15, -0.1) is 0 Å². The average molecular weight is 342 g/mol. The summed E-state index contributed by atoms with van der Waals surface area (Å²) in [4.78, 5) is 16.3. The maximum Gasteiger partial charge on any atom is 0.220 e. The van der Waals surface area contributed by atoms with Crippen molar-refractivity contribution in [2.24, 2.45) is 5.92 Å². The molecule has 134 valence electrons. The number of rotatable bonds is 6. The first kappa shape index (κ1) is 17.7.